The van der Waals surface area contributed by atoms with Gasteiger partial charge in [0.25, 0.3) is 5.91 Å². The molecule has 0 saturated heterocycles. The first-order valence-electron chi connectivity index (χ1n) is 8.38. The number of carbonyl (C=O) groups is 2. The van der Waals surface area contributed by atoms with E-state index in [0.717, 1.165) is 18.4 Å². The van der Waals surface area contributed by atoms with Crippen LogP contribution in [0.5, 0.6) is 0 Å². The molecule has 4 heteroatoms. The second kappa shape index (κ2) is 7.67. The number of para-hydroxylation sites is 1. The van der Waals surface area contributed by atoms with Gasteiger partial charge in [-0.05, 0) is 48.1 Å². The highest BCUT2D eigenvalue weighted by Gasteiger charge is 2.15. The minimum Gasteiger partial charge on any atom is -0.341 e. The predicted octanol–water partition coefficient (Wildman–Crippen LogP) is 2.72. The van der Waals surface area contributed by atoms with E-state index in [1.165, 1.54) is 17.5 Å². The number of hydrogen-bond donors (Lipinski definition) is 2. The Kier molecular flexibility index (Phi) is 5.15. The fourth-order valence-corrected chi connectivity index (χ4v) is 3.13. The van der Waals surface area contributed by atoms with Gasteiger partial charge in [0.1, 0.15) is 0 Å². The van der Waals surface area contributed by atoms with Gasteiger partial charge in [-0.2, -0.15) is 0 Å². The standard InChI is InChI=1S/C21H20N2O2/c1-2-12-22-21(25)18-8-3-4-9-19(18)23-20(24)14-15-10-11-16-6-5-7-17(16)13-15/h1,3-4,8-11,13H,5-7,12,14H2,(H,22,25)(H,23,24). The fourth-order valence-electron chi connectivity index (χ4n) is 3.13. The van der Waals surface area contributed by atoms with Crippen molar-refractivity contribution >= 4 is 17.5 Å². The van der Waals surface area contributed by atoms with Crippen LogP contribution in [-0.2, 0) is 24.1 Å². The Morgan fingerprint density at radius 1 is 1.08 bits per heavy atom. The van der Waals surface area contributed by atoms with Crippen molar-refractivity contribution in [3.8, 4) is 12.3 Å². The summed E-state index contributed by atoms with van der Waals surface area (Å²) in [4.78, 5) is 24.5. The monoisotopic (exact) mass is 332 g/mol. The van der Waals surface area contributed by atoms with Gasteiger partial charge in [0.2, 0.25) is 5.91 Å². The zero-order chi connectivity index (χ0) is 17.6. The molecule has 3 rings (SSSR count). The van der Waals surface area contributed by atoms with Crippen molar-refractivity contribution in [2.24, 2.45) is 0 Å². The lowest BCUT2D eigenvalue weighted by Gasteiger charge is -2.11. The number of rotatable bonds is 5. The minimum atomic E-state index is -0.300. The third-order valence-electron chi connectivity index (χ3n) is 4.32. The Labute approximate surface area is 147 Å². The number of amides is 2. The number of aryl methyl sites for hydroxylation is 2. The molecule has 4 nitrogen and oxygen atoms in total. The second-order valence-corrected chi connectivity index (χ2v) is 6.11. The van der Waals surface area contributed by atoms with Crippen molar-refractivity contribution in [2.45, 2.75) is 25.7 Å². The van der Waals surface area contributed by atoms with Crippen molar-refractivity contribution < 1.29 is 9.59 Å². The third kappa shape index (κ3) is 4.07. The van der Waals surface area contributed by atoms with Crippen LogP contribution in [0.3, 0.4) is 0 Å². The molecule has 0 unspecified atom stereocenters. The number of carbonyl (C=O) groups excluding carboxylic acids is 2. The maximum Gasteiger partial charge on any atom is 0.254 e. The van der Waals surface area contributed by atoms with Gasteiger partial charge in [-0.1, -0.05) is 36.3 Å². The van der Waals surface area contributed by atoms with Crippen molar-refractivity contribution in [2.75, 3.05) is 11.9 Å². The Morgan fingerprint density at radius 3 is 2.72 bits per heavy atom. The molecule has 0 atom stereocenters. The maximum absolute atomic E-state index is 12.4. The fraction of sp³-hybridized carbons (Fsp3) is 0.238. The van der Waals surface area contributed by atoms with Gasteiger partial charge in [0.15, 0.2) is 0 Å². The Hall–Kier alpha value is -3.06. The largest absolute Gasteiger partial charge is 0.341 e. The van der Waals surface area contributed by atoms with E-state index in [9.17, 15) is 9.59 Å². The van der Waals surface area contributed by atoms with Crippen molar-refractivity contribution in [3.05, 3.63) is 64.7 Å². The number of terminal acetylenes is 1. The second-order valence-electron chi connectivity index (χ2n) is 6.11. The van der Waals surface area contributed by atoms with Gasteiger partial charge in [-0.15, -0.1) is 6.42 Å². The molecular weight excluding hydrogens is 312 g/mol. The predicted molar refractivity (Wildman–Crippen MR) is 98.4 cm³/mol. The van der Waals surface area contributed by atoms with Gasteiger partial charge in [-0.3, -0.25) is 9.59 Å². The lowest BCUT2D eigenvalue weighted by Crippen LogP contribution is -2.25. The van der Waals surface area contributed by atoms with E-state index in [2.05, 4.69) is 28.7 Å². The van der Waals surface area contributed by atoms with E-state index in [0.29, 0.717) is 11.3 Å². The molecule has 1 aliphatic carbocycles. The van der Waals surface area contributed by atoms with Crippen LogP contribution in [0.15, 0.2) is 42.5 Å². The Balaban J connectivity index is 1.69. The summed E-state index contributed by atoms with van der Waals surface area (Å²) in [5, 5.41) is 5.45. The van der Waals surface area contributed by atoms with Gasteiger partial charge in [0, 0.05) is 0 Å². The normalized spacial score (nSPS) is 12.1. The summed E-state index contributed by atoms with van der Waals surface area (Å²) in [6, 6.07) is 13.2. The van der Waals surface area contributed by atoms with Crippen molar-refractivity contribution in [1.29, 1.82) is 0 Å². The number of fused-ring (bicyclic) bond motifs is 1. The summed E-state index contributed by atoms with van der Waals surface area (Å²) < 4.78 is 0. The average Bonchev–Trinajstić information content (AvgIpc) is 3.07. The molecular formula is C21H20N2O2. The Bertz CT molecular complexity index is 849. The van der Waals surface area contributed by atoms with Gasteiger partial charge in [0.05, 0.1) is 24.2 Å². The molecule has 1 aliphatic rings. The SMILES string of the molecule is C#CCNC(=O)c1ccccc1NC(=O)Cc1ccc2c(c1)CCC2. The summed E-state index contributed by atoms with van der Waals surface area (Å²) >= 11 is 0. The number of hydrogen-bond acceptors (Lipinski definition) is 2. The van der Waals surface area contributed by atoms with E-state index in [1.807, 2.05) is 6.07 Å². The van der Waals surface area contributed by atoms with Crippen LogP contribution >= 0.6 is 0 Å². The van der Waals surface area contributed by atoms with Gasteiger partial charge >= 0.3 is 0 Å². The molecule has 2 aromatic carbocycles. The highest BCUT2D eigenvalue weighted by molar-refractivity contribution is 6.04. The number of benzene rings is 2. The lowest BCUT2D eigenvalue weighted by molar-refractivity contribution is -0.115. The highest BCUT2D eigenvalue weighted by Crippen LogP contribution is 2.23. The van der Waals surface area contributed by atoms with Crippen LogP contribution in [0.4, 0.5) is 5.69 Å². The van der Waals surface area contributed by atoms with Crippen LogP contribution in [0.25, 0.3) is 0 Å². The van der Waals surface area contributed by atoms with E-state index < -0.39 is 0 Å². The molecule has 0 heterocycles. The Morgan fingerprint density at radius 2 is 1.88 bits per heavy atom. The molecule has 0 spiro atoms. The molecule has 2 aromatic rings. The summed E-state index contributed by atoms with van der Waals surface area (Å²) in [5.41, 5.74) is 4.62. The molecule has 0 aromatic heterocycles. The summed E-state index contributed by atoms with van der Waals surface area (Å²) in [6.45, 7) is 0.149. The zero-order valence-corrected chi connectivity index (χ0v) is 14.0. The first-order chi connectivity index (χ1) is 12.2. The molecule has 0 saturated carbocycles. The van der Waals surface area contributed by atoms with Crippen LogP contribution in [0.2, 0.25) is 0 Å². The van der Waals surface area contributed by atoms with E-state index >= 15 is 0 Å². The first kappa shape index (κ1) is 16.8. The zero-order valence-electron chi connectivity index (χ0n) is 14.0. The van der Waals surface area contributed by atoms with Gasteiger partial charge in [-0.25, -0.2) is 0 Å². The minimum absolute atomic E-state index is 0.143. The van der Waals surface area contributed by atoms with E-state index in [4.69, 9.17) is 6.42 Å². The lowest BCUT2D eigenvalue weighted by atomic mass is 10.0. The van der Waals surface area contributed by atoms with E-state index in [1.54, 1.807) is 24.3 Å². The molecule has 2 N–H and O–H groups in total. The van der Waals surface area contributed by atoms with E-state index in [-0.39, 0.29) is 24.8 Å². The molecule has 0 radical (unpaired) electrons. The molecule has 126 valence electrons. The number of anilines is 1. The third-order valence-corrected chi connectivity index (χ3v) is 4.32. The quantitative estimate of drug-likeness (QED) is 0.827. The average molecular weight is 332 g/mol. The molecule has 25 heavy (non-hydrogen) atoms. The maximum atomic E-state index is 12.4. The van der Waals surface area contributed by atoms with Crippen LogP contribution < -0.4 is 10.6 Å². The van der Waals surface area contributed by atoms with Crippen LogP contribution in [0, 0.1) is 12.3 Å². The van der Waals surface area contributed by atoms with Crippen LogP contribution in [-0.4, -0.2) is 18.4 Å². The summed E-state index contributed by atoms with van der Waals surface area (Å²) in [6.07, 6.45) is 8.85. The molecule has 0 aliphatic heterocycles. The van der Waals surface area contributed by atoms with Crippen molar-refractivity contribution in [3.63, 3.8) is 0 Å². The molecule has 0 fully saturated rings. The van der Waals surface area contributed by atoms with Crippen molar-refractivity contribution in [1.82, 2.24) is 5.32 Å². The first-order valence-corrected chi connectivity index (χ1v) is 8.38. The molecule has 0 bridgehead atoms. The highest BCUT2D eigenvalue weighted by atomic mass is 16.2. The summed E-state index contributed by atoms with van der Waals surface area (Å²) in [5.74, 6) is 1.92. The van der Waals surface area contributed by atoms with Crippen LogP contribution in [0.1, 0.15) is 33.5 Å². The number of nitrogens with one attached hydrogen (secondary N) is 2. The smallest absolute Gasteiger partial charge is 0.254 e. The summed E-state index contributed by atoms with van der Waals surface area (Å²) in [7, 11) is 0. The molecule has 2 amide bonds. The van der Waals surface area contributed by atoms with Gasteiger partial charge < -0.3 is 10.6 Å². The topological polar surface area (TPSA) is 58.2 Å².